The summed E-state index contributed by atoms with van der Waals surface area (Å²) in [4.78, 5) is 14.3. The van der Waals surface area contributed by atoms with Crippen LogP contribution in [-0.2, 0) is 4.79 Å². The number of rotatable bonds is 2. The van der Waals surface area contributed by atoms with Gasteiger partial charge in [0.05, 0.1) is 18.3 Å². The summed E-state index contributed by atoms with van der Waals surface area (Å²) >= 11 is 6.03. The highest BCUT2D eigenvalue weighted by atomic mass is 35.5. The Morgan fingerprint density at radius 2 is 2.05 bits per heavy atom. The molecule has 1 aromatic rings. The molecule has 1 aliphatic rings. The fourth-order valence-corrected chi connectivity index (χ4v) is 2.87. The molecule has 1 atom stereocenters. The van der Waals surface area contributed by atoms with Gasteiger partial charge in [-0.25, -0.2) is 0 Å². The quantitative estimate of drug-likeness (QED) is 0.775. The number of methoxy groups -OCH3 is 1. The monoisotopic (exact) mass is 293 g/mol. The summed E-state index contributed by atoms with van der Waals surface area (Å²) in [6.45, 7) is 7.75. The largest absolute Gasteiger partial charge is 0.495 e. The number of nitrogens with zero attached hydrogens (tertiary/aromatic N) is 1. The first-order valence-corrected chi connectivity index (χ1v) is 7.08. The molecule has 1 amide bonds. The maximum Gasteiger partial charge on any atom is 0.245 e. The molecule has 0 radical (unpaired) electrons. The first-order chi connectivity index (χ1) is 9.29. The van der Waals surface area contributed by atoms with Gasteiger partial charge in [0, 0.05) is 5.56 Å². The number of hydrogen-bond donors (Lipinski definition) is 0. The summed E-state index contributed by atoms with van der Waals surface area (Å²) in [7, 11) is 1.61. The van der Waals surface area contributed by atoms with E-state index in [1.54, 1.807) is 18.9 Å². The van der Waals surface area contributed by atoms with E-state index in [2.05, 4.69) is 6.08 Å². The van der Waals surface area contributed by atoms with Crippen molar-refractivity contribution in [3.05, 3.63) is 29.8 Å². The van der Waals surface area contributed by atoms with Crippen molar-refractivity contribution in [2.45, 2.75) is 38.6 Å². The van der Waals surface area contributed by atoms with Crippen molar-refractivity contribution in [2.24, 2.45) is 0 Å². The van der Waals surface area contributed by atoms with Gasteiger partial charge in [0.2, 0.25) is 5.91 Å². The minimum absolute atomic E-state index is 0.119. The summed E-state index contributed by atoms with van der Waals surface area (Å²) in [5.74, 6) is 0.569. The van der Waals surface area contributed by atoms with Crippen LogP contribution in [0.2, 0.25) is 0 Å². The van der Waals surface area contributed by atoms with Crippen molar-refractivity contribution >= 4 is 28.8 Å². The number of ether oxygens (including phenoxy) is 1. The van der Waals surface area contributed by atoms with Crippen LogP contribution in [0.1, 0.15) is 33.3 Å². The predicted octanol–water partition coefficient (Wildman–Crippen LogP) is 3.85. The highest BCUT2D eigenvalue weighted by molar-refractivity contribution is 6.33. The average molecular weight is 294 g/mol. The Morgan fingerprint density at radius 3 is 2.60 bits per heavy atom. The van der Waals surface area contributed by atoms with E-state index < -0.39 is 10.9 Å². The van der Waals surface area contributed by atoms with Crippen molar-refractivity contribution in [3.8, 4) is 5.75 Å². The molecule has 0 saturated carbocycles. The van der Waals surface area contributed by atoms with E-state index in [0.717, 1.165) is 16.8 Å². The number of anilines is 1. The number of halogens is 1. The first-order valence-electron chi connectivity index (χ1n) is 6.64. The van der Waals surface area contributed by atoms with Crippen LogP contribution < -0.4 is 9.64 Å². The van der Waals surface area contributed by atoms with E-state index in [1.807, 2.05) is 39.0 Å². The molecule has 3 nitrogen and oxygen atoms in total. The molecule has 20 heavy (non-hydrogen) atoms. The molecule has 108 valence electrons. The molecule has 1 heterocycles. The smallest absolute Gasteiger partial charge is 0.245 e. The maximum absolute atomic E-state index is 12.6. The van der Waals surface area contributed by atoms with Gasteiger partial charge in [0.25, 0.3) is 0 Å². The van der Waals surface area contributed by atoms with E-state index in [4.69, 9.17) is 16.3 Å². The van der Waals surface area contributed by atoms with Crippen molar-refractivity contribution in [1.29, 1.82) is 0 Å². The minimum atomic E-state index is -0.584. The van der Waals surface area contributed by atoms with E-state index in [-0.39, 0.29) is 5.91 Å². The number of hydrogen-bond acceptors (Lipinski definition) is 2. The Balaban J connectivity index is 2.72. The van der Waals surface area contributed by atoms with Gasteiger partial charge in [0.15, 0.2) is 0 Å². The summed E-state index contributed by atoms with van der Waals surface area (Å²) in [6, 6.07) is 5.80. The van der Waals surface area contributed by atoms with E-state index in [1.165, 1.54) is 0 Å². The van der Waals surface area contributed by atoms with Crippen molar-refractivity contribution in [3.63, 3.8) is 0 Å². The highest BCUT2D eigenvalue weighted by Crippen LogP contribution is 2.44. The molecular weight excluding hydrogens is 274 g/mol. The number of para-hydroxylation sites is 1. The normalized spacial score (nSPS) is 18.1. The first kappa shape index (κ1) is 14.9. The summed E-state index contributed by atoms with van der Waals surface area (Å²) in [5.41, 5.74) is 2.51. The van der Waals surface area contributed by atoms with Crippen LogP contribution in [0.5, 0.6) is 5.75 Å². The second kappa shape index (κ2) is 5.13. The summed E-state index contributed by atoms with van der Waals surface area (Å²) < 4.78 is 5.45. The predicted molar refractivity (Wildman–Crippen MR) is 83.5 cm³/mol. The number of amides is 1. The van der Waals surface area contributed by atoms with Gasteiger partial charge >= 0.3 is 0 Å². The molecule has 0 spiro atoms. The van der Waals surface area contributed by atoms with Crippen LogP contribution in [-0.4, -0.2) is 23.9 Å². The zero-order valence-corrected chi connectivity index (χ0v) is 13.3. The third-order valence-corrected chi connectivity index (χ3v) is 3.76. The molecule has 0 N–H and O–H groups in total. The van der Waals surface area contributed by atoms with Crippen LogP contribution in [0, 0.1) is 0 Å². The van der Waals surface area contributed by atoms with Gasteiger partial charge in [-0.1, -0.05) is 18.2 Å². The Labute approximate surface area is 125 Å². The van der Waals surface area contributed by atoms with E-state index in [9.17, 15) is 4.79 Å². The second-order valence-corrected chi connectivity index (χ2v) is 6.28. The van der Waals surface area contributed by atoms with Crippen LogP contribution in [0.3, 0.4) is 0 Å². The minimum Gasteiger partial charge on any atom is -0.495 e. The SMILES string of the molecule is COc1cccc2c1N(C(=O)C(C)Cl)C(C)(C)C=C2C. The van der Waals surface area contributed by atoms with Crippen LogP contribution in [0.4, 0.5) is 5.69 Å². The fraction of sp³-hybridized carbons (Fsp3) is 0.438. The molecule has 2 rings (SSSR count). The van der Waals surface area contributed by atoms with Gasteiger partial charge in [-0.15, -0.1) is 11.6 Å². The lowest BCUT2D eigenvalue weighted by Crippen LogP contribution is -2.51. The number of carbonyl (C=O) groups excluding carboxylic acids is 1. The zero-order valence-electron chi connectivity index (χ0n) is 12.5. The zero-order chi connectivity index (χ0) is 15.1. The topological polar surface area (TPSA) is 29.5 Å². The van der Waals surface area contributed by atoms with Gasteiger partial charge in [-0.3, -0.25) is 9.69 Å². The van der Waals surface area contributed by atoms with Crippen molar-refractivity contribution in [2.75, 3.05) is 12.0 Å². The van der Waals surface area contributed by atoms with E-state index >= 15 is 0 Å². The van der Waals surface area contributed by atoms with Gasteiger partial charge in [-0.2, -0.15) is 0 Å². The van der Waals surface area contributed by atoms with Gasteiger partial charge in [0.1, 0.15) is 11.1 Å². The van der Waals surface area contributed by atoms with Crippen LogP contribution in [0.25, 0.3) is 5.57 Å². The Kier molecular flexibility index (Phi) is 3.83. The Bertz CT molecular complexity index is 576. The summed E-state index contributed by atoms with van der Waals surface area (Å²) in [5, 5.41) is -0.584. The van der Waals surface area contributed by atoms with Crippen molar-refractivity contribution < 1.29 is 9.53 Å². The molecule has 0 bridgehead atoms. The number of benzene rings is 1. The molecular formula is C16H20ClNO2. The summed E-state index contributed by atoms with van der Waals surface area (Å²) in [6.07, 6.45) is 2.09. The molecule has 1 aromatic carbocycles. The third kappa shape index (κ3) is 2.31. The Hall–Kier alpha value is -1.48. The number of fused-ring (bicyclic) bond motifs is 1. The molecule has 0 fully saturated rings. The van der Waals surface area contributed by atoms with E-state index in [0.29, 0.717) is 5.75 Å². The molecule has 0 saturated heterocycles. The third-order valence-electron chi connectivity index (χ3n) is 3.57. The fourth-order valence-electron chi connectivity index (χ4n) is 2.77. The molecule has 1 unspecified atom stereocenters. The van der Waals surface area contributed by atoms with Crippen molar-refractivity contribution in [1.82, 2.24) is 0 Å². The van der Waals surface area contributed by atoms with Crippen LogP contribution >= 0.6 is 11.6 Å². The second-order valence-electron chi connectivity index (χ2n) is 5.63. The number of carbonyl (C=O) groups is 1. The van der Waals surface area contributed by atoms with Crippen LogP contribution in [0.15, 0.2) is 24.3 Å². The molecule has 4 heteroatoms. The van der Waals surface area contributed by atoms with Gasteiger partial charge in [-0.05, 0) is 39.3 Å². The highest BCUT2D eigenvalue weighted by Gasteiger charge is 2.38. The average Bonchev–Trinajstić information content (AvgIpc) is 2.36. The molecule has 0 aliphatic carbocycles. The lowest BCUT2D eigenvalue weighted by Gasteiger charge is -2.42. The molecule has 1 aliphatic heterocycles. The maximum atomic E-state index is 12.6. The number of allylic oxidation sites excluding steroid dienone is 1. The Morgan fingerprint density at radius 1 is 1.40 bits per heavy atom. The van der Waals surface area contributed by atoms with Gasteiger partial charge < -0.3 is 4.74 Å². The lowest BCUT2D eigenvalue weighted by molar-refractivity contribution is -0.118. The number of alkyl halides is 1. The molecule has 0 aromatic heterocycles. The standard InChI is InChI=1S/C16H20ClNO2/c1-10-9-16(3,4)18(15(19)11(2)17)14-12(10)7-6-8-13(14)20-5/h6-9,11H,1-5H3. The lowest BCUT2D eigenvalue weighted by atomic mass is 9.88.